The first-order valence-corrected chi connectivity index (χ1v) is 8.17. The van der Waals surface area contributed by atoms with Gasteiger partial charge in [0.1, 0.15) is 0 Å². The van der Waals surface area contributed by atoms with E-state index in [0.29, 0.717) is 19.3 Å². The summed E-state index contributed by atoms with van der Waals surface area (Å²) in [6.07, 6.45) is 3.68. The number of nitrogens with two attached hydrogens (primary N) is 1. The zero-order valence-corrected chi connectivity index (χ0v) is 14.9. The van der Waals surface area contributed by atoms with Gasteiger partial charge in [0.05, 0.1) is 11.6 Å². The summed E-state index contributed by atoms with van der Waals surface area (Å²) < 4.78 is 7.24. The van der Waals surface area contributed by atoms with Crippen molar-refractivity contribution in [1.29, 1.82) is 0 Å². The number of rotatable bonds is 4. The summed E-state index contributed by atoms with van der Waals surface area (Å²) in [5.74, 6) is 0.0590. The molecule has 1 aromatic carbocycles. The van der Waals surface area contributed by atoms with Crippen molar-refractivity contribution in [3.63, 3.8) is 0 Å². The third-order valence-electron chi connectivity index (χ3n) is 4.40. The molecule has 3 rings (SSSR count). The fourth-order valence-corrected chi connectivity index (χ4v) is 2.90. The first kappa shape index (κ1) is 18.7. The first-order valence-electron chi connectivity index (χ1n) is 8.17. The molecule has 0 spiro atoms. The number of amides is 1. The lowest BCUT2D eigenvalue weighted by molar-refractivity contribution is -0.119. The van der Waals surface area contributed by atoms with Gasteiger partial charge in [0, 0.05) is 36.5 Å². The number of nitrogens with one attached hydrogen (secondary N) is 1. The standard InChI is InChI=1S/C17H24N4O2.ClH/c1-11(2)21-10-13-9-14(3-4-15(13)20-21)19-17(22)16(18)12-5-7-23-8-6-12;/h3-4,9-12,16H,5-8,18H2,1-2H3,(H,19,22);1H. The number of carbonyl (C=O) groups is 1. The van der Waals surface area contributed by atoms with E-state index in [2.05, 4.69) is 24.3 Å². The Bertz CT molecular complexity index is 695. The molecule has 6 nitrogen and oxygen atoms in total. The first-order chi connectivity index (χ1) is 11.0. The number of aromatic nitrogens is 2. The van der Waals surface area contributed by atoms with Crippen molar-refractivity contribution in [2.45, 2.75) is 38.8 Å². The zero-order valence-electron chi connectivity index (χ0n) is 14.1. The highest BCUT2D eigenvalue weighted by Crippen LogP contribution is 2.22. The van der Waals surface area contributed by atoms with Crippen molar-refractivity contribution in [1.82, 2.24) is 9.78 Å². The zero-order chi connectivity index (χ0) is 16.4. The Hall–Kier alpha value is -1.63. The van der Waals surface area contributed by atoms with E-state index in [1.165, 1.54) is 0 Å². The highest BCUT2D eigenvalue weighted by atomic mass is 35.5. The predicted octanol–water partition coefficient (Wildman–Crippen LogP) is 2.73. The van der Waals surface area contributed by atoms with Gasteiger partial charge in [-0.1, -0.05) is 0 Å². The van der Waals surface area contributed by atoms with Crippen LogP contribution in [-0.4, -0.2) is 34.9 Å². The number of hydrogen-bond acceptors (Lipinski definition) is 4. The molecule has 1 amide bonds. The van der Waals surface area contributed by atoms with Crippen molar-refractivity contribution >= 4 is 34.9 Å². The predicted molar refractivity (Wildman–Crippen MR) is 97.5 cm³/mol. The number of benzene rings is 1. The number of anilines is 1. The molecule has 2 aromatic rings. The van der Waals surface area contributed by atoms with E-state index in [-0.39, 0.29) is 24.2 Å². The summed E-state index contributed by atoms with van der Waals surface area (Å²) in [4.78, 5) is 12.4. The van der Waals surface area contributed by atoms with Gasteiger partial charge in [-0.15, -0.1) is 12.4 Å². The number of nitrogens with zero attached hydrogens (tertiary/aromatic N) is 2. The average molecular weight is 353 g/mol. The van der Waals surface area contributed by atoms with Crippen LogP contribution in [0.1, 0.15) is 32.7 Å². The van der Waals surface area contributed by atoms with Crippen LogP contribution in [-0.2, 0) is 9.53 Å². The molecule has 1 atom stereocenters. The van der Waals surface area contributed by atoms with Crippen molar-refractivity contribution < 1.29 is 9.53 Å². The minimum Gasteiger partial charge on any atom is -0.381 e. The molecule has 1 fully saturated rings. The van der Waals surface area contributed by atoms with Gasteiger partial charge in [-0.3, -0.25) is 9.48 Å². The molecule has 2 heterocycles. The van der Waals surface area contributed by atoms with Crippen LogP contribution in [0, 0.1) is 5.92 Å². The Morgan fingerprint density at radius 2 is 2.08 bits per heavy atom. The molecule has 1 aliphatic heterocycles. The van der Waals surface area contributed by atoms with E-state index in [1.54, 1.807) is 0 Å². The third-order valence-corrected chi connectivity index (χ3v) is 4.40. The third kappa shape index (κ3) is 4.06. The van der Waals surface area contributed by atoms with Gasteiger partial charge in [0.15, 0.2) is 0 Å². The lowest BCUT2D eigenvalue weighted by atomic mass is 9.92. The fraction of sp³-hybridized carbons (Fsp3) is 0.529. The molecular formula is C17H25ClN4O2. The maximum absolute atomic E-state index is 12.4. The summed E-state index contributed by atoms with van der Waals surface area (Å²) in [7, 11) is 0. The van der Waals surface area contributed by atoms with Crippen molar-refractivity contribution in [2.75, 3.05) is 18.5 Å². The molecule has 0 bridgehead atoms. The largest absolute Gasteiger partial charge is 0.381 e. The SMILES string of the molecule is CC(C)n1cc2cc(NC(=O)C(N)C3CCOCC3)ccc2n1.Cl. The van der Waals surface area contributed by atoms with E-state index >= 15 is 0 Å². The fourth-order valence-electron chi connectivity index (χ4n) is 2.90. The molecule has 1 unspecified atom stereocenters. The quantitative estimate of drug-likeness (QED) is 0.886. The molecule has 24 heavy (non-hydrogen) atoms. The second-order valence-corrected chi connectivity index (χ2v) is 6.44. The number of hydrogen-bond donors (Lipinski definition) is 2. The van der Waals surface area contributed by atoms with Gasteiger partial charge in [0.2, 0.25) is 5.91 Å². The molecule has 7 heteroatoms. The lowest BCUT2D eigenvalue weighted by Crippen LogP contribution is -2.43. The van der Waals surface area contributed by atoms with Crippen LogP contribution in [0.4, 0.5) is 5.69 Å². The summed E-state index contributed by atoms with van der Waals surface area (Å²) >= 11 is 0. The van der Waals surface area contributed by atoms with Crippen LogP contribution in [0.15, 0.2) is 24.4 Å². The second kappa shape index (κ2) is 7.96. The van der Waals surface area contributed by atoms with Gasteiger partial charge in [-0.25, -0.2) is 0 Å². The Balaban J connectivity index is 0.00000208. The molecule has 3 N–H and O–H groups in total. The number of fused-ring (bicyclic) bond motifs is 1. The Morgan fingerprint density at radius 1 is 1.38 bits per heavy atom. The normalized spacial score (nSPS) is 16.8. The molecule has 132 valence electrons. The molecule has 0 aliphatic carbocycles. The molecule has 1 aliphatic rings. The summed E-state index contributed by atoms with van der Waals surface area (Å²) in [5, 5.41) is 8.44. The monoisotopic (exact) mass is 352 g/mol. The Kier molecular flexibility index (Phi) is 6.21. The van der Waals surface area contributed by atoms with Gasteiger partial charge < -0.3 is 15.8 Å². The van der Waals surface area contributed by atoms with Gasteiger partial charge in [0.25, 0.3) is 0 Å². The summed E-state index contributed by atoms with van der Waals surface area (Å²) in [5.41, 5.74) is 7.79. The van der Waals surface area contributed by atoms with Crippen molar-refractivity contribution in [3.8, 4) is 0 Å². The van der Waals surface area contributed by atoms with Crippen molar-refractivity contribution in [2.24, 2.45) is 11.7 Å². The summed E-state index contributed by atoms with van der Waals surface area (Å²) in [6, 6.07) is 5.55. The van der Waals surface area contributed by atoms with Crippen LogP contribution < -0.4 is 11.1 Å². The average Bonchev–Trinajstić information content (AvgIpc) is 2.98. The molecule has 0 saturated carbocycles. The molecule has 0 radical (unpaired) electrons. The smallest absolute Gasteiger partial charge is 0.241 e. The maximum Gasteiger partial charge on any atom is 0.241 e. The molecular weight excluding hydrogens is 328 g/mol. The number of ether oxygens (including phenoxy) is 1. The Morgan fingerprint density at radius 3 is 2.75 bits per heavy atom. The Labute approximate surface area is 148 Å². The highest BCUT2D eigenvalue weighted by molar-refractivity contribution is 5.96. The van der Waals surface area contributed by atoms with E-state index in [4.69, 9.17) is 10.5 Å². The van der Waals surface area contributed by atoms with E-state index in [1.807, 2.05) is 29.1 Å². The number of halogens is 1. The molecule has 1 aromatic heterocycles. The van der Waals surface area contributed by atoms with Crippen molar-refractivity contribution in [3.05, 3.63) is 24.4 Å². The van der Waals surface area contributed by atoms with Crippen LogP contribution in [0.2, 0.25) is 0 Å². The van der Waals surface area contributed by atoms with E-state index in [9.17, 15) is 4.79 Å². The van der Waals surface area contributed by atoms with Crippen LogP contribution in [0.5, 0.6) is 0 Å². The van der Waals surface area contributed by atoms with Gasteiger partial charge >= 0.3 is 0 Å². The topological polar surface area (TPSA) is 82.2 Å². The minimum atomic E-state index is -0.493. The van der Waals surface area contributed by atoms with E-state index < -0.39 is 6.04 Å². The van der Waals surface area contributed by atoms with Crippen LogP contribution in [0.25, 0.3) is 10.9 Å². The van der Waals surface area contributed by atoms with Crippen LogP contribution in [0.3, 0.4) is 0 Å². The second-order valence-electron chi connectivity index (χ2n) is 6.44. The van der Waals surface area contributed by atoms with Gasteiger partial charge in [-0.2, -0.15) is 5.10 Å². The highest BCUT2D eigenvalue weighted by Gasteiger charge is 2.26. The minimum absolute atomic E-state index is 0. The van der Waals surface area contributed by atoms with Crippen LogP contribution >= 0.6 is 12.4 Å². The van der Waals surface area contributed by atoms with E-state index in [0.717, 1.165) is 29.4 Å². The summed E-state index contributed by atoms with van der Waals surface area (Å²) in [6.45, 7) is 5.54. The van der Waals surface area contributed by atoms with Gasteiger partial charge in [-0.05, 0) is 50.8 Å². The molecule has 1 saturated heterocycles. The maximum atomic E-state index is 12.4. The lowest BCUT2D eigenvalue weighted by Gasteiger charge is -2.26. The number of carbonyl (C=O) groups excluding carboxylic acids is 1.